The van der Waals surface area contributed by atoms with Crippen molar-refractivity contribution in [3.05, 3.63) is 27.4 Å². The van der Waals surface area contributed by atoms with Gasteiger partial charge in [0.1, 0.15) is 5.01 Å². The van der Waals surface area contributed by atoms with Crippen LogP contribution in [0.3, 0.4) is 0 Å². The smallest absolute Gasteiger partial charge is 0.106 e. The van der Waals surface area contributed by atoms with Crippen molar-refractivity contribution in [1.29, 1.82) is 0 Å². The highest BCUT2D eigenvalue weighted by Crippen LogP contribution is 2.37. The highest BCUT2D eigenvalue weighted by Gasteiger charge is 2.42. The summed E-state index contributed by atoms with van der Waals surface area (Å²) in [7, 11) is 0. The molecule has 3 nitrogen and oxygen atoms in total. The van der Waals surface area contributed by atoms with Crippen molar-refractivity contribution in [2.75, 3.05) is 19.8 Å². The highest BCUT2D eigenvalue weighted by molar-refractivity contribution is 7.14. The molecule has 0 bridgehead atoms. The van der Waals surface area contributed by atoms with Crippen LogP contribution in [0.2, 0.25) is 0 Å². The maximum absolute atomic E-state index is 9.47. The fourth-order valence-electron chi connectivity index (χ4n) is 1.89. The SMILES string of the molecule is Cc1ccsc1-c1csc(C2(CO)COC2)n1. The average Bonchev–Trinajstić information content (AvgIpc) is 2.86. The Hall–Kier alpha value is -0.750. The third-order valence-corrected chi connectivity index (χ3v) is 5.24. The molecule has 1 fully saturated rings. The first-order valence-electron chi connectivity index (χ1n) is 5.44. The van der Waals surface area contributed by atoms with Gasteiger partial charge in [0, 0.05) is 5.38 Å². The molecule has 2 aromatic rings. The van der Waals surface area contributed by atoms with E-state index < -0.39 is 0 Å². The van der Waals surface area contributed by atoms with Gasteiger partial charge in [-0.1, -0.05) is 0 Å². The van der Waals surface area contributed by atoms with Gasteiger partial charge in [-0.3, -0.25) is 0 Å². The lowest BCUT2D eigenvalue weighted by atomic mass is 9.88. The van der Waals surface area contributed by atoms with Crippen molar-refractivity contribution in [1.82, 2.24) is 4.98 Å². The molecule has 0 aromatic carbocycles. The molecule has 0 aliphatic carbocycles. The van der Waals surface area contributed by atoms with Crippen molar-refractivity contribution in [3.8, 4) is 10.6 Å². The average molecular weight is 267 g/mol. The van der Waals surface area contributed by atoms with E-state index in [1.165, 1.54) is 10.4 Å². The Morgan fingerprint density at radius 2 is 2.29 bits per heavy atom. The van der Waals surface area contributed by atoms with E-state index in [1.807, 2.05) is 0 Å². The Labute approximate surface area is 108 Å². The summed E-state index contributed by atoms with van der Waals surface area (Å²) in [5, 5.41) is 14.6. The number of thiophene rings is 1. The molecule has 0 saturated carbocycles. The molecule has 1 saturated heterocycles. The van der Waals surface area contributed by atoms with Gasteiger partial charge in [0.2, 0.25) is 0 Å². The second kappa shape index (κ2) is 4.17. The highest BCUT2D eigenvalue weighted by atomic mass is 32.1. The van der Waals surface area contributed by atoms with E-state index >= 15 is 0 Å². The van der Waals surface area contributed by atoms with Crippen LogP contribution in [0.5, 0.6) is 0 Å². The Morgan fingerprint density at radius 3 is 2.82 bits per heavy atom. The number of aliphatic hydroxyl groups excluding tert-OH is 1. The monoisotopic (exact) mass is 267 g/mol. The van der Waals surface area contributed by atoms with Crippen LogP contribution in [-0.2, 0) is 10.2 Å². The zero-order valence-corrected chi connectivity index (χ0v) is 11.1. The normalized spacial score (nSPS) is 18.0. The fraction of sp³-hybridized carbons (Fsp3) is 0.417. The summed E-state index contributed by atoms with van der Waals surface area (Å²) >= 11 is 3.33. The summed E-state index contributed by atoms with van der Waals surface area (Å²) in [6, 6.07) is 2.10. The van der Waals surface area contributed by atoms with Crippen LogP contribution >= 0.6 is 22.7 Å². The van der Waals surface area contributed by atoms with Crippen LogP contribution in [0, 0.1) is 6.92 Å². The number of aryl methyl sites for hydroxylation is 1. The molecule has 0 atom stereocenters. The molecular formula is C12H13NO2S2. The van der Waals surface area contributed by atoms with Gasteiger partial charge in [0.15, 0.2) is 0 Å². The second-order valence-corrected chi connectivity index (χ2v) is 6.18. The van der Waals surface area contributed by atoms with Crippen LogP contribution < -0.4 is 0 Å². The quantitative estimate of drug-likeness (QED) is 0.929. The largest absolute Gasteiger partial charge is 0.395 e. The van der Waals surface area contributed by atoms with Gasteiger partial charge < -0.3 is 9.84 Å². The Morgan fingerprint density at radius 1 is 1.47 bits per heavy atom. The minimum absolute atomic E-state index is 0.114. The molecule has 1 aliphatic rings. The molecule has 0 amide bonds. The lowest BCUT2D eigenvalue weighted by Crippen LogP contribution is -2.49. The Kier molecular flexibility index (Phi) is 2.78. The fourth-order valence-corrected chi connectivity index (χ4v) is 3.83. The van der Waals surface area contributed by atoms with Gasteiger partial charge in [0.05, 0.1) is 35.8 Å². The van der Waals surface area contributed by atoms with Gasteiger partial charge in [-0.05, 0) is 23.9 Å². The van der Waals surface area contributed by atoms with Crippen molar-refractivity contribution in [3.63, 3.8) is 0 Å². The maximum atomic E-state index is 9.47. The van der Waals surface area contributed by atoms with E-state index in [0.29, 0.717) is 13.2 Å². The van der Waals surface area contributed by atoms with E-state index in [9.17, 15) is 5.11 Å². The first-order chi connectivity index (χ1) is 8.25. The van der Waals surface area contributed by atoms with Crippen molar-refractivity contribution < 1.29 is 9.84 Å². The van der Waals surface area contributed by atoms with Crippen molar-refractivity contribution in [2.24, 2.45) is 0 Å². The zero-order chi connectivity index (χ0) is 11.9. The molecule has 2 aromatic heterocycles. The summed E-state index contributed by atoms with van der Waals surface area (Å²) in [6.45, 7) is 3.38. The van der Waals surface area contributed by atoms with Gasteiger partial charge in [-0.15, -0.1) is 22.7 Å². The molecule has 0 radical (unpaired) electrons. The summed E-state index contributed by atoms with van der Waals surface area (Å²) < 4.78 is 5.22. The van der Waals surface area contributed by atoms with Gasteiger partial charge in [0.25, 0.3) is 0 Å². The van der Waals surface area contributed by atoms with E-state index in [0.717, 1.165) is 10.7 Å². The number of aliphatic hydroxyl groups is 1. The minimum Gasteiger partial charge on any atom is -0.395 e. The predicted molar refractivity (Wildman–Crippen MR) is 69.7 cm³/mol. The van der Waals surface area contributed by atoms with Crippen LogP contribution in [0.4, 0.5) is 0 Å². The third-order valence-electron chi connectivity index (χ3n) is 3.11. The van der Waals surface area contributed by atoms with Crippen LogP contribution in [-0.4, -0.2) is 29.9 Å². The molecule has 5 heteroatoms. The molecule has 1 N–H and O–H groups in total. The molecule has 3 rings (SSSR count). The van der Waals surface area contributed by atoms with Gasteiger partial charge in [-0.2, -0.15) is 0 Å². The predicted octanol–water partition coefficient (Wildman–Crippen LogP) is 2.44. The standard InChI is InChI=1S/C12H13NO2S2/c1-8-2-3-16-10(8)9-4-17-11(13-9)12(5-14)6-15-7-12/h2-4,14H,5-7H2,1H3. The Balaban J connectivity index is 1.96. The summed E-state index contributed by atoms with van der Waals surface area (Å²) in [5.74, 6) is 0. The third kappa shape index (κ3) is 1.74. The number of thiazole rings is 1. The molecule has 17 heavy (non-hydrogen) atoms. The number of nitrogens with zero attached hydrogens (tertiary/aromatic N) is 1. The van der Waals surface area contributed by atoms with E-state index in [4.69, 9.17) is 4.74 Å². The minimum atomic E-state index is -0.242. The van der Waals surface area contributed by atoms with Gasteiger partial charge in [-0.25, -0.2) is 4.98 Å². The lowest BCUT2D eigenvalue weighted by molar-refractivity contribution is -0.0841. The summed E-state index contributed by atoms with van der Waals surface area (Å²) in [4.78, 5) is 5.89. The number of hydrogen-bond acceptors (Lipinski definition) is 5. The summed E-state index contributed by atoms with van der Waals surface area (Å²) in [5.41, 5.74) is 2.04. The molecule has 0 unspecified atom stereocenters. The Bertz CT molecular complexity index is 523. The van der Waals surface area contributed by atoms with E-state index in [-0.39, 0.29) is 12.0 Å². The topological polar surface area (TPSA) is 42.4 Å². The zero-order valence-electron chi connectivity index (χ0n) is 9.47. The maximum Gasteiger partial charge on any atom is 0.106 e. The molecule has 1 aliphatic heterocycles. The molecule has 90 valence electrons. The number of aromatic nitrogens is 1. The second-order valence-electron chi connectivity index (χ2n) is 4.40. The molecule has 0 spiro atoms. The molecular weight excluding hydrogens is 254 g/mol. The number of ether oxygens (including phenoxy) is 1. The summed E-state index contributed by atoms with van der Waals surface area (Å²) in [6.07, 6.45) is 0. The number of rotatable bonds is 3. The van der Waals surface area contributed by atoms with E-state index in [1.54, 1.807) is 22.7 Å². The van der Waals surface area contributed by atoms with Crippen LogP contribution in [0.25, 0.3) is 10.6 Å². The van der Waals surface area contributed by atoms with E-state index in [2.05, 4.69) is 28.7 Å². The molecule has 3 heterocycles. The van der Waals surface area contributed by atoms with Crippen molar-refractivity contribution >= 4 is 22.7 Å². The van der Waals surface area contributed by atoms with Crippen LogP contribution in [0.15, 0.2) is 16.8 Å². The van der Waals surface area contributed by atoms with Crippen molar-refractivity contribution in [2.45, 2.75) is 12.3 Å². The first-order valence-corrected chi connectivity index (χ1v) is 7.20. The van der Waals surface area contributed by atoms with Crippen LogP contribution in [0.1, 0.15) is 10.6 Å². The first kappa shape index (κ1) is 11.3. The number of hydrogen-bond donors (Lipinski definition) is 1. The van der Waals surface area contributed by atoms with Gasteiger partial charge >= 0.3 is 0 Å². The lowest BCUT2D eigenvalue weighted by Gasteiger charge is -2.37.